The fraction of sp³-hybridized carbons (Fsp3) is 0.111. The van der Waals surface area contributed by atoms with Crippen LogP contribution in [0.5, 0.6) is 0 Å². The van der Waals surface area contributed by atoms with E-state index in [-0.39, 0.29) is 0 Å². The SMILES string of the molecule is Cc1n[nH]pc1-c1ccccc1. The van der Waals surface area contributed by atoms with Crippen LogP contribution in [0.15, 0.2) is 30.3 Å². The van der Waals surface area contributed by atoms with Gasteiger partial charge in [0.1, 0.15) is 0 Å². The van der Waals surface area contributed by atoms with Crippen molar-refractivity contribution >= 4 is 8.35 Å². The quantitative estimate of drug-likeness (QED) is 0.710. The molecule has 1 N–H and O–H groups in total. The van der Waals surface area contributed by atoms with Crippen molar-refractivity contribution in [2.45, 2.75) is 6.92 Å². The van der Waals surface area contributed by atoms with E-state index in [1.165, 1.54) is 10.9 Å². The lowest BCUT2D eigenvalue weighted by Crippen LogP contribution is -1.75. The molecule has 0 spiro atoms. The van der Waals surface area contributed by atoms with E-state index in [9.17, 15) is 0 Å². The van der Waals surface area contributed by atoms with Crippen LogP contribution in [0, 0.1) is 6.92 Å². The lowest BCUT2D eigenvalue weighted by Gasteiger charge is -1.95. The molecular formula is C9H9N2P. The zero-order chi connectivity index (χ0) is 8.39. The number of rotatable bonds is 1. The monoisotopic (exact) mass is 176 g/mol. The number of hydrogen-bond donors (Lipinski definition) is 1. The Kier molecular flexibility index (Phi) is 1.92. The molecular weight excluding hydrogens is 167 g/mol. The van der Waals surface area contributed by atoms with Gasteiger partial charge in [-0.15, -0.1) is 0 Å². The second kappa shape index (κ2) is 3.08. The number of hydrogen-bond acceptors (Lipinski definition) is 1. The third kappa shape index (κ3) is 1.26. The number of aromatic amines is 1. The van der Waals surface area contributed by atoms with Crippen molar-refractivity contribution in [2.24, 2.45) is 0 Å². The summed E-state index contributed by atoms with van der Waals surface area (Å²) in [6.45, 7) is 2.02. The summed E-state index contributed by atoms with van der Waals surface area (Å²) in [5, 5.41) is 5.38. The van der Waals surface area contributed by atoms with Crippen molar-refractivity contribution in [1.29, 1.82) is 0 Å². The van der Waals surface area contributed by atoms with Crippen LogP contribution in [0.3, 0.4) is 0 Å². The fourth-order valence-electron chi connectivity index (χ4n) is 1.15. The molecule has 0 saturated heterocycles. The van der Waals surface area contributed by atoms with Crippen molar-refractivity contribution in [3.63, 3.8) is 0 Å². The first-order valence-corrected chi connectivity index (χ1v) is 4.70. The highest BCUT2D eigenvalue weighted by molar-refractivity contribution is 7.29. The molecule has 0 aliphatic carbocycles. The highest BCUT2D eigenvalue weighted by Gasteiger charge is 2.02. The van der Waals surface area contributed by atoms with Crippen LogP contribution in [0.25, 0.3) is 10.9 Å². The predicted octanol–water partition coefficient (Wildman–Crippen LogP) is 2.97. The Morgan fingerprint density at radius 1 is 1.25 bits per heavy atom. The molecule has 1 heterocycles. The molecule has 1 aromatic heterocycles. The molecule has 60 valence electrons. The largest absolute Gasteiger partial charge is 0.259 e. The Labute approximate surface area is 72.8 Å². The Morgan fingerprint density at radius 3 is 2.58 bits per heavy atom. The maximum Gasteiger partial charge on any atom is 0.0718 e. The van der Waals surface area contributed by atoms with Gasteiger partial charge in [0.05, 0.1) is 11.0 Å². The van der Waals surface area contributed by atoms with Gasteiger partial charge in [-0.25, -0.2) is 0 Å². The first-order chi connectivity index (χ1) is 5.88. The van der Waals surface area contributed by atoms with Crippen LogP contribution < -0.4 is 0 Å². The highest BCUT2D eigenvalue weighted by atomic mass is 31.0. The molecule has 0 radical (unpaired) electrons. The first kappa shape index (κ1) is 7.51. The van der Waals surface area contributed by atoms with E-state index in [1.807, 2.05) is 25.1 Å². The minimum absolute atomic E-state index is 1.09. The maximum atomic E-state index is 4.11. The predicted molar refractivity (Wildman–Crippen MR) is 51.3 cm³/mol. The zero-order valence-corrected chi connectivity index (χ0v) is 7.68. The third-order valence-electron chi connectivity index (χ3n) is 1.77. The smallest absolute Gasteiger partial charge is 0.0718 e. The zero-order valence-electron chi connectivity index (χ0n) is 6.78. The van der Waals surface area contributed by atoms with Crippen LogP contribution in [0.1, 0.15) is 5.69 Å². The van der Waals surface area contributed by atoms with E-state index >= 15 is 0 Å². The second-order valence-corrected chi connectivity index (χ2v) is 3.49. The summed E-state index contributed by atoms with van der Waals surface area (Å²) < 4.78 is 0. The van der Waals surface area contributed by atoms with Crippen molar-refractivity contribution in [3.8, 4) is 10.9 Å². The Morgan fingerprint density at radius 2 is 2.00 bits per heavy atom. The first-order valence-electron chi connectivity index (χ1n) is 3.81. The van der Waals surface area contributed by atoms with Crippen LogP contribution in [-0.2, 0) is 0 Å². The summed E-state index contributed by atoms with van der Waals surface area (Å²) in [5.41, 5.74) is 2.34. The van der Waals surface area contributed by atoms with Gasteiger partial charge in [0.2, 0.25) is 0 Å². The molecule has 0 amide bonds. The van der Waals surface area contributed by atoms with Crippen molar-refractivity contribution in [2.75, 3.05) is 0 Å². The van der Waals surface area contributed by atoms with Gasteiger partial charge in [0, 0.05) is 8.35 Å². The standard InChI is InChI=1S/C9H9N2P/c1-7-9(12-11-10-7)8-5-3-2-4-6-8/h2-6H,1H3,(H,10,11). The average Bonchev–Trinajstić information content (AvgIpc) is 2.53. The molecule has 12 heavy (non-hydrogen) atoms. The molecule has 0 aliphatic heterocycles. The average molecular weight is 176 g/mol. The number of aryl methyl sites for hydroxylation is 1. The summed E-state index contributed by atoms with van der Waals surface area (Å²) in [6, 6.07) is 10.3. The fourth-order valence-corrected chi connectivity index (χ4v) is 1.94. The molecule has 0 atom stereocenters. The van der Waals surface area contributed by atoms with Gasteiger partial charge in [-0.2, -0.15) is 5.10 Å². The molecule has 0 bridgehead atoms. The van der Waals surface area contributed by atoms with Gasteiger partial charge in [-0.05, 0) is 12.5 Å². The number of benzene rings is 1. The number of aromatic nitrogens is 2. The molecule has 0 fully saturated rings. The third-order valence-corrected chi connectivity index (χ3v) is 2.77. The number of H-pyrrole nitrogens is 1. The lowest BCUT2D eigenvalue weighted by atomic mass is 10.2. The van der Waals surface area contributed by atoms with Gasteiger partial charge in [0.15, 0.2) is 0 Å². The number of nitrogens with zero attached hydrogens (tertiary/aromatic N) is 1. The summed E-state index contributed by atoms with van der Waals surface area (Å²) in [6.07, 6.45) is 0. The van der Waals surface area contributed by atoms with E-state index in [2.05, 4.69) is 22.1 Å². The van der Waals surface area contributed by atoms with Crippen molar-refractivity contribution in [1.82, 2.24) is 9.96 Å². The highest BCUT2D eigenvalue weighted by Crippen LogP contribution is 2.27. The van der Waals surface area contributed by atoms with E-state index < -0.39 is 0 Å². The molecule has 0 saturated carbocycles. The molecule has 0 aliphatic rings. The molecule has 2 nitrogen and oxygen atoms in total. The lowest BCUT2D eigenvalue weighted by molar-refractivity contribution is 1.09. The molecule has 2 rings (SSSR count). The van der Waals surface area contributed by atoms with Gasteiger partial charge < -0.3 is 0 Å². The maximum absolute atomic E-state index is 4.11. The van der Waals surface area contributed by atoms with Crippen LogP contribution in [0.4, 0.5) is 0 Å². The van der Waals surface area contributed by atoms with Gasteiger partial charge >= 0.3 is 0 Å². The van der Waals surface area contributed by atoms with E-state index in [1.54, 1.807) is 0 Å². The topological polar surface area (TPSA) is 28.7 Å². The minimum atomic E-state index is 1.09. The van der Waals surface area contributed by atoms with Crippen LogP contribution in [0.2, 0.25) is 0 Å². The minimum Gasteiger partial charge on any atom is -0.259 e. The van der Waals surface area contributed by atoms with Crippen LogP contribution in [-0.4, -0.2) is 9.96 Å². The Balaban J connectivity index is 2.51. The summed E-state index contributed by atoms with van der Waals surface area (Å²) >= 11 is 0. The molecule has 2 aromatic rings. The number of nitrogens with one attached hydrogen (secondary N) is 1. The van der Waals surface area contributed by atoms with E-state index in [0.29, 0.717) is 0 Å². The van der Waals surface area contributed by atoms with Crippen molar-refractivity contribution < 1.29 is 0 Å². The van der Waals surface area contributed by atoms with Gasteiger partial charge in [-0.1, -0.05) is 30.3 Å². The van der Waals surface area contributed by atoms with Crippen LogP contribution >= 0.6 is 8.35 Å². The summed E-state index contributed by atoms with van der Waals surface area (Å²) in [4.78, 5) is 2.94. The normalized spacial score (nSPS) is 10.8. The second-order valence-electron chi connectivity index (χ2n) is 2.62. The summed E-state index contributed by atoms with van der Waals surface area (Å²) in [5.74, 6) is 0. The molecule has 1 aromatic carbocycles. The summed E-state index contributed by atoms with van der Waals surface area (Å²) in [7, 11) is 1.09. The Hall–Kier alpha value is -1.14. The molecule has 0 unspecified atom stereocenters. The van der Waals surface area contributed by atoms with E-state index in [0.717, 1.165) is 14.0 Å². The van der Waals surface area contributed by atoms with Gasteiger partial charge in [0.25, 0.3) is 0 Å². The van der Waals surface area contributed by atoms with Crippen molar-refractivity contribution in [3.05, 3.63) is 36.0 Å². The Bertz CT molecular complexity index is 367. The molecule has 3 heteroatoms. The van der Waals surface area contributed by atoms with E-state index in [4.69, 9.17) is 0 Å². The van der Waals surface area contributed by atoms with Gasteiger partial charge in [-0.3, -0.25) is 4.86 Å².